The highest BCUT2D eigenvalue weighted by atomic mass is 35.5. The molecule has 0 aliphatic heterocycles. The zero-order chi connectivity index (χ0) is 13.7. The van der Waals surface area contributed by atoms with E-state index in [0.29, 0.717) is 12.5 Å². The first kappa shape index (κ1) is 18.2. The fraction of sp³-hybridized carbons (Fsp3) is 0.846. The molecule has 1 fully saturated rings. The summed E-state index contributed by atoms with van der Waals surface area (Å²) in [6, 6.07) is -0.208. The molecule has 5 nitrogen and oxygen atoms in total. The summed E-state index contributed by atoms with van der Waals surface area (Å²) >= 11 is 0. The van der Waals surface area contributed by atoms with Gasteiger partial charge in [-0.05, 0) is 31.6 Å². The van der Waals surface area contributed by atoms with Gasteiger partial charge < -0.3 is 28.6 Å². The number of quaternary nitrogens is 1. The lowest BCUT2D eigenvalue weighted by Crippen LogP contribution is -3.00. The third-order valence-corrected chi connectivity index (χ3v) is 3.90. The largest absolute Gasteiger partial charge is 1.00 e. The van der Waals surface area contributed by atoms with Gasteiger partial charge in [0.05, 0.1) is 5.92 Å². The first-order valence-electron chi connectivity index (χ1n) is 6.75. The third-order valence-electron chi connectivity index (χ3n) is 3.90. The Morgan fingerprint density at radius 1 is 1.26 bits per heavy atom. The number of carbonyl (C=O) groups excluding carboxylic acids is 1. The summed E-state index contributed by atoms with van der Waals surface area (Å²) in [5, 5.41) is 11.8. The number of nitrogens with one attached hydrogen (secondary N) is 1. The summed E-state index contributed by atoms with van der Waals surface area (Å²) in [6.07, 6.45) is 3.24. The summed E-state index contributed by atoms with van der Waals surface area (Å²) in [5.74, 6) is -0.203. The van der Waals surface area contributed by atoms with Crippen molar-refractivity contribution < 1.29 is 32.8 Å². The van der Waals surface area contributed by atoms with E-state index in [0.717, 1.165) is 25.7 Å². The van der Waals surface area contributed by atoms with E-state index in [-0.39, 0.29) is 36.2 Å². The average molecular weight is 293 g/mol. The van der Waals surface area contributed by atoms with Crippen molar-refractivity contribution in [2.75, 3.05) is 6.54 Å². The Kier molecular flexibility index (Phi) is 8.02. The molecule has 1 amide bonds. The molecule has 1 rings (SSSR count). The summed E-state index contributed by atoms with van der Waals surface area (Å²) in [5.41, 5.74) is 3.85. The SMILES string of the molecule is CC(C)[C@@H]([NH3+])C(=O)NCC1CCC(C(=O)O)CC1.[Cl-]. The van der Waals surface area contributed by atoms with Gasteiger partial charge in [0, 0.05) is 12.5 Å². The van der Waals surface area contributed by atoms with Crippen LogP contribution in [-0.4, -0.2) is 29.6 Å². The van der Waals surface area contributed by atoms with Crippen LogP contribution < -0.4 is 23.5 Å². The van der Waals surface area contributed by atoms with Crippen LogP contribution in [0.2, 0.25) is 0 Å². The molecule has 1 atom stereocenters. The fourth-order valence-electron chi connectivity index (χ4n) is 2.29. The Morgan fingerprint density at radius 2 is 1.79 bits per heavy atom. The summed E-state index contributed by atoms with van der Waals surface area (Å²) in [6.45, 7) is 4.62. The quantitative estimate of drug-likeness (QED) is 0.513. The maximum Gasteiger partial charge on any atom is 0.306 e. The number of carboxylic acids is 1. The zero-order valence-corrected chi connectivity index (χ0v) is 12.4. The normalized spacial score (nSPS) is 24.4. The van der Waals surface area contributed by atoms with Gasteiger partial charge in [-0.15, -0.1) is 0 Å². The van der Waals surface area contributed by atoms with E-state index in [4.69, 9.17) is 5.11 Å². The van der Waals surface area contributed by atoms with Crippen molar-refractivity contribution >= 4 is 11.9 Å². The standard InChI is InChI=1S/C13H24N2O3.ClH/c1-8(2)11(14)12(16)15-7-9-3-5-10(6-4-9)13(17)18;/h8-11H,3-7,14H2,1-2H3,(H,15,16)(H,17,18);1H/t9?,10?,11-;/m1./s1. The number of carboxylic acid groups (broad SMARTS) is 1. The van der Waals surface area contributed by atoms with Gasteiger partial charge in [0.25, 0.3) is 5.91 Å². The lowest BCUT2D eigenvalue weighted by Gasteiger charge is -2.26. The first-order valence-corrected chi connectivity index (χ1v) is 6.75. The van der Waals surface area contributed by atoms with E-state index in [2.05, 4.69) is 11.1 Å². The minimum absolute atomic E-state index is 0. The van der Waals surface area contributed by atoms with Crippen molar-refractivity contribution in [3.05, 3.63) is 0 Å². The van der Waals surface area contributed by atoms with Gasteiger partial charge in [0.1, 0.15) is 0 Å². The van der Waals surface area contributed by atoms with Crippen LogP contribution in [0.4, 0.5) is 0 Å². The summed E-state index contributed by atoms with van der Waals surface area (Å²) in [4.78, 5) is 22.5. The predicted molar refractivity (Wildman–Crippen MR) is 67.6 cm³/mol. The number of rotatable bonds is 5. The molecule has 0 saturated heterocycles. The number of hydrogen-bond acceptors (Lipinski definition) is 2. The van der Waals surface area contributed by atoms with Crippen LogP contribution in [0.15, 0.2) is 0 Å². The van der Waals surface area contributed by atoms with Crippen LogP contribution in [0.25, 0.3) is 0 Å². The molecule has 0 radical (unpaired) electrons. The molecule has 0 heterocycles. The lowest BCUT2D eigenvalue weighted by molar-refractivity contribution is -0.414. The molecule has 1 aliphatic carbocycles. The van der Waals surface area contributed by atoms with E-state index >= 15 is 0 Å². The molecule has 6 heteroatoms. The Labute approximate surface area is 120 Å². The highest BCUT2D eigenvalue weighted by molar-refractivity contribution is 5.80. The average Bonchev–Trinajstić information content (AvgIpc) is 2.35. The van der Waals surface area contributed by atoms with Gasteiger partial charge in [-0.3, -0.25) is 9.59 Å². The maximum absolute atomic E-state index is 11.7. The van der Waals surface area contributed by atoms with E-state index in [1.807, 2.05) is 13.8 Å². The van der Waals surface area contributed by atoms with Gasteiger partial charge in [0.15, 0.2) is 6.04 Å². The Bertz CT molecular complexity index is 302. The number of halogens is 1. The van der Waals surface area contributed by atoms with Crippen molar-refractivity contribution in [3.63, 3.8) is 0 Å². The molecule has 5 N–H and O–H groups in total. The topological polar surface area (TPSA) is 94.0 Å². The third kappa shape index (κ3) is 5.78. The second-order valence-corrected chi connectivity index (χ2v) is 5.65. The molecule has 0 aromatic heterocycles. The van der Waals surface area contributed by atoms with Crippen LogP contribution in [0, 0.1) is 17.8 Å². The predicted octanol–water partition coefficient (Wildman–Crippen LogP) is -2.74. The molecule has 0 aromatic carbocycles. The Hall–Kier alpha value is -0.810. The van der Waals surface area contributed by atoms with Crippen molar-refractivity contribution in [3.8, 4) is 0 Å². The van der Waals surface area contributed by atoms with E-state index in [1.165, 1.54) is 0 Å². The van der Waals surface area contributed by atoms with Gasteiger partial charge in [-0.2, -0.15) is 0 Å². The van der Waals surface area contributed by atoms with E-state index in [1.54, 1.807) is 0 Å². The first-order chi connectivity index (χ1) is 8.41. The second kappa shape index (κ2) is 8.38. The molecule has 19 heavy (non-hydrogen) atoms. The monoisotopic (exact) mass is 292 g/mol. The molecule has 0 bridgehead atoms. The molecular formula is C13H25ClN2O3. The van der Waals surface area contributed by atoms with Gasteiger partial charge >= 0.3 is 5.97 Å². The molecule has 1 aliphatic rings. The number of hydrogen-bond donors (Lipinski definition) is 3. The Balaban J connectivity index is 0.00000324. The number of amides is 1. The summed E-state index contributed by atoms with van der Waals surface area (Å²) < 4.78 is 0. The maximum atomic E-state index is 11.7. The van der Waals surface area contributed by atoms with Gasteiger partial charge in [-0.1, -0.05) is 13.8 Å². The molecule has 0 aromatic rings. The Morgan fingerprint density at radius 3 is 2.21 bits per heavy atom. The highest BCUT2D eigenvalue weighted by Crippen LogP contribution is 2.28. The number of carbonyl (C=O) groups is 2. The van der Waals surface area contributed by atoms with Crippen LogP contribution in [0.3, 0.4) is 0 Å². The van der Waals surface area contributed by atoms with Crippen molar-refractivity contribution in [2.24, 2.45) is 17.8 Å². The van der Waals surface area contributed by atoms with Crippen molar-refractivity contribution in [1.82, 2.24) is 5.32 Å². The van der Waals surface area contributed by atoms with E-state index in [9.17, 15) is 9.59 Å². The lowest BCUT2D eigenvalue weighted by atomic mass is 9.82. The highest BCUT2D eigenvalue weighted by Gasteiger charge is 2.27. The summed E-state index contributed by atoms with van der Waals surface area (Å²) in [7, 11) is 0. The molecule has 0 unspecified atom stereocenters. The molecular weight excluding hydrogens is 268 g/mol. The minimum Gasteiger partial charge on any atom is -1.00 e. The molecule has 112 valence electrons. The zero-order valence-electron chi connectivity index (χ0n) is 11.7. The van der Waals surface area contributed by atoms with Gasteiger partial charge in [0.2, 0.25) is 0 Å². The van der Waals surface area contributed by atoms with Crippen molar-refractivity contribution in [1.29, 1.82) is 0 Å². The minimum atomic E-state index is -0.685. The molecule has 0 spiro atoms. The smallest absolute Gasteiger partial charge is 0.306 e. The van der Waals surface area contributed by atoms with Gasteiger partial charge in [-0.25, -0.2) is 0 Å². The number of aliphatic carboxylic acids is 1. The van der Waals surface area contributed by atoms with Crippen LogP contribution in [0.5, 0.6) is 0 Å². The second-order valence-electron chi connectivity index (χ2n) is 5.65. The van der Waals surface area contributed by atoms with Crippen LogP contribution in [0.1, 0.15) is 39.5 Å². The van der Waals surface area contributed by atoms with E-state index < -0.39 is 5.97 Å². The van der Waals surface area contributed by atoms with Crippen LogP contribution in [-0.2, 0) is 9.59 Å². The van der Waals surface area contributed by atoms with Crippen molar-refractivity contribution in [2.45, 2.75) is 45.6 Å². The fourth-order valence-corrected chi connectivity index (χ4v) is 2.29. The molecule has 1 saturated carbocycles. The van der Waals surface area contributed by atoms with Crippen LogP contribution >= 0.6 is 0 Å².